The molecule has 0 atom stereocenters. The molecule has 3 aromatic rings. The first-order valence-corrected chi connectivity index (χ1v) is 11.3. The highest BCUT2D eigenvalue weighted by Crippen LogP contribution is 2.29. The summed E-state index contributed by atoms with van der Waals surface area (Å²) in [6.07, 6.45) is 1.52. The van der Waals surface area contributed by atoms with Crippen LogP contribution in [0, 0.1) is 5.82 Å². The Kier molecular flexibility index (Phi) is 7.02. The molecule has 33 heavy (non-hydrogen) atoms. The molecule has 0 bridgehead atoms. The second-order valence-electron chi connectivity index (χ2n) is 7.19. The Labute approximate surface area is 207 Å². The molecule has 0 saturated carbocycles. The lowest BCUT2D eigenvalue weighted by molar-refractivity contribution is -0.123. The molecule has 1 saturated heterocycles. The number of rotatable bonds is 6. The van der Waals surface area contributed by atoms with E-state index < -0.39 is 17.8 Å². The second-order valence-corrected chi connectivity index (χ2v) is 8.92. The van der Waals surface area contributed by atoms with Crippen LogP contribution >= 0.6 is 39.1 Å². The van der Waals surface area contributed by atoms with Gasteiger partial charge in [0.05, 0.1) is 16.6 Å². The lowest BCUT2D eigenvalue weighted by Crippen LogP contribution is -2.30. The van der Waals surface area contributed by atoms with Gasteiger partial charge in [-0.05, 0) is 48.0 Å². The van der Waals surface area contributed by atoms with Gasteiger partial charge in [0, 0.05) is 15.6 Å². The monoisotopic (exact) mass is 548 g/mol. The van der Waals surface area contributed by atoms with Gasteiger partial charge in [0.1, 0.15) is 23.9 Å². The summed E-state index contributed by atoms with van der Waals surface area (Å²) < 4.78 is 20.7. The van der Waals surface area contributed by atoms with Crippen molar-refractivity contribution in [2.45, 2.75) is 13.2 Å². The summed E-state index contributed by atoms with van der Waals surface area (Å²) in [6, 6.07) is 15.9. The number of carbonyl (C=O) groups is 2. The number of hydrogen-bond acceptors (Lipinski definition) is 3. The van der Waals surface area contributed by atoms with Gasteiger partial charge < -0.3 is 10.1 Å². The maximum Gasteiger partial charge on any atom is 0.329 e. The SMILES string of the molecule is O=C1N/C(=C/c2cc(Br)ccc2OCc2ccc(Cl)c(Cl)c2)C(=O)N1Cc1ccccc1F. The average molecular weight is 550 g/mol. The lowest BCUT2D eigenvalue weighted by atomic mass is 10.1. The van der Waals surface area contributed by atoms with E-state index in [1.807, 2.05) is 0 Å². The van der Waals surface area contributed by atoms with Crippen LogP contribution in [0.3, 0.4) is 0 Å². The molecule has 1 fully saturated rings. The average Bonchev–Trinajstić information content (AvgIpc) is 3.04. The molecule has 1 aliphatic heterocycles. The number of nitrogens with one attached hydrogen (secondary N) is 1. The molecular weight excluding hydrogens is 534 g/mol. The van der Waals surface area contributed by atoms with E-state index in [-0.39, 0.29) is 24.4 Å². The van der Waals surface area contributed by atoms with Crippen LogP contribution in [0.25, 0.3) is 6.08 Å². The van der Waals surface area contributed by atoms with E-state index in [4.69, 9.17) is 27.9 Å². The first-order valence-electron chi connectivity index (χ1n) is 9.76. The second kappa shape index (κ2) is 9.95. The summed E-state index contributed by atoms with van der Waals surface area (Å²) in [6.45, 7) is 0.0439. The minimum Gasteiger partial charge on any atom is -0.488 e. The Bertz CT molecular complexity index is 1280. The number of urea groups is 1. The molecule has 0 aromatic heterocycles. The van der Waals surface area contributed by atoms with E-state index in [0.717, 1.165) is 14.9 Å². The molecule has 3 aromatic carbocycles. The van der Waals surface area contributed by atoms with E-state index in [1.165, 1.54) is 18.2 Å². The number of carbonyl (C=O) groups excluding carboxylic acids is 2. The fourth-order valence-corrected chi connectivity index (χ4v) is 3.92. The summed E-state index contributed by atoms with van der Waals surface area (Å²) in [5.41, 5.74) is 1.69. The highest BCUT2D eigenvalue weighted by Gasteiger charge is 2.34. The number of amides is 3. The molecule has 0 unspecified atom stereocenters. The van der Waals surface area contributed by atoms with Gasteiger partial charge in [-0.3, -0.25) is 9.69 Å². The van der Waals surface area contributed by atoms with Crippen molar-refractivity contribution in [2.75, 3.05) is 0 Å². The number of imide groups is 1. The Hall–Kier alpha value is -2.87. The highest BCUT2D eigenvalue weighted by atomic mass is 79.9. The van der Waals surface area contributed by atoms with Gasteiger partial charge in [-0.2, -0.15) is 0 Å². The van der Waals surface area contributed by atoms with E-state index in [1.54, 1.807) is 48.5 Å². The van der Waals surface area contributed by atoms with Crippen LogP contribution in [0.1, 0.15) is 16.7 Å². The van der Waals surface area contributed by atoms with E-state index in [2.05, 4.69) is 21.2 Å². The van der Waals surface area contributed by atoms with Crippen LogP contribution in [0.4, 0.5) is 9.18 Å². The van der Waals surface area contributed by atoms with Crippen molar-refractivity contribution in [1.29, 1.82) is 0 Å². The number of halogens is 4. The van der Waals surface area contributed by atoms with Crippen LogP contribution in [0.2, 0.25) is 10.0 Å². The summed E-state index contributed by atoms with van der Waals surface area (Å²) in [4.78, 5) is 26.2. The largest absolute Gasteiger partial charge is 0.488 e. The van der Waals surface area contributed by atoms with Gasteiger partial charge in [-0.1, -0.05) is 63.4 Å². The third kappa shape index (κ3) is 5.38. The lowest BCUT2D eigenvalue weighted by Gasteiger charge is -2.12. The van der Waals surface area contributed by atoms with Crippen molar-refractivity contribution in [2.24, 2.45) is 0 Å². The first kappa shape index (κ1) is 23.3. The molecule has 0 spiro atoms. The Morgan fingerprint density at radius 3 is 2.58 bits per heavy atom. The molecule has 0 radical (unpaired) electrons. The van der Waals surface area contributed by atoms with E-state index in [0.29, 0.717) is 21.4 Å². The molecule has 1 heterocycles. The van der Waals surface area contributed by atoms with Gasteiger partial charge in [-0.15, -0.1) is 0 Å². The number of benzene rings is 3. The van der Waals surface area contributed by atoms with E-state index >= 15 is 0 Å². The van der Waals surface area contributed by atoms with Gasteiger partial charge in [-0.25, -0.2) is 9.18 Å². The van der Waals surface area contributed by atoms with Gasteiger partial charge in [0.25, 0.3) is 5.91 Å². The third-order valence-electron chi connectivity index (χ3n) is 4.90. The zero-order valence-corrected chi connectivity index (χ0v) is 20.0. The zero-order chi connectivity index (χ0) is 23.5. The molecule has 1 N–H and O–H groups in total. The molecular formula is C24H16BrCl2FN2O3. The highest BCUT2D eigenvalue weighted by molar-refractivity contribution is 9.10. The normalized spacial score (nSPS) is 14.7. The zero-order valence-electron chi connectivity index (χ0n) is 16.9. The fourth-order valence-electron chi connectivity index (χ4n) is 3.22. The van der Waals surface area contributed by atoms with Crippen molar-refractivity contribution in [3.8, 4) is 5.75 Å². The van der Waals surface area contributed by atoms with Crippen LogP contribution in [0.15, 0.2) is 70.8 Å². The van der Waals surface area contributed by atoms with Crippen LogP contribution < -0.4 is 10.1 Å². The maximum absolute atomic E-state index is 14.0. The van der Waals surface area contributed by atoms with Crippen molar-refractivity contribution in [3.05, 3.63) is 103 Å². The van der Waals surface area contributed by atoms with Crippen molar-refractivity contribution < 1.29 is 18.7 Å². The van der Waals surface area contributed by atoms with Crippen molar-refractivity contribution in [1.82, 2.24) is 10.2 Å². The molecule has 3 amide bonds. The quantitative estimate of drug-likeness (QED) is 0.279. The molecule has 168 valence electrons. The molecule has 5 nitrogen and oxygen atoms in total. The maximum atomic E-state index is 14.0. The predicted molar refractivity (Wildman–Crippen MR) is 128 cm³/mol. The summed E-state index contributed by atoms with van der Waals surface area (Å²) in [5, 5.41) is 3.42. The van der Waals surface area contributed by atoms with Crippen molar-refractivity contribution >= 4 is 57.1 Å². The summed E-state index contributed by atoms with van der Waals surface area (Å²) >= 11 is 15.4. The molecule has 1 aliphatic rings. The fraction of sp³-hybridized carbons (Fsp3) is 0.0833. The predicted octanol–water partition coefficient (Wildman–Crippen LogP) is 6.57. The minimum atomic E-state index is -0.622. The van der Waals surface area contributed by atoms with Gasteiger partial charge in [0.15, 0.2) is 0 Å². The summed E-state index contributed by atoms with van der Waals surface area (Å²) in [5.74, 6) is -0.550. The van der Waals surface area contributed by atoms with Gasteiger partial charge in [0.2, 0.25) is 0 Å². The van der Waals surface area contributed by atoms with E-state index in [9.17, 15) is 14.0 Å². The molecule has 0 aliphatic carbocycles. The summed E-state index contributed by atoms with van der Waals surface area (Å²) in [7, 11) is 0. The van der Waals surface area contributed by atoms with Crippen LogP contribution in [-0.4, -0.2) is 16.8 Å². The topological polar surface area (TPSA) is 58.6 Å². The Morgan fingerprint density at radius 1 is 1.03 bits per heavy atom. The number of ether oxygens (including phenoxy) is 1. The Balaban J connectivity index is 1.56. The molecule has 9 heteroatoms. The smallest absolute Gasteiger partial charge is 0.329 e. The van der Waals surface area contributed by atoms with Crippen LogP contribution in [0.5, 0.6) is 5.75 Å². The number of hydrogen-bond donors (Lipinski definition) is 1. The third-order valence-corrected chi connectivity index (χ3v) is 6.13. The Morgan fingerprint density at radius 2 is 1.82 bits per heavy atom. The van der Waals surface area contributed by atoms with Crippen LogP contribution in [-0.2, 0) is 17.9 Å². The van der Waals surface area contributed by atoms with Gasteiger partial charge >= 0.3 is 6.03 Å². The minimum absolute atomic E-state index is 0.0637. The standard InChI is InChI=1S/C24H16BrCl2FN2O3/c25-17-6-8-22(33-13-14-5-7-18(26)19(27)9-14)16(10-17)11-21-23(31)30(24(32)29-21)12-15-3-1-2-4-20(15)28/h1-11H,12-13H2,(H,29,32)/b21-11+. The van der Waals surface area contributed by atoms with Crippen molar-refractivity contribution in [3.63, 3.8) is 0 Å². The molecule has 4 rings (SSSR count). The number of nitrogens with zero attached hydrogens (tertiary/aromatic N) is 1. The first-order chi connectivity index (χ1) is 15.8.